The van der Waals surface area contributed by atoms with Crippen LogP contribution >= 0.6 is 0 Å². The molecular formula is C10H23NO2. The average Bonchev–Trinajstić information content (AvgIpc) is 2.06. The predicted octanol–water partition coefficient (Wildman–Crippen LogP) is 1.76. The molecule has 0 aliphatic heterocycles. The van der Waals surface area contributed by atoms with Gasteiger partial charge in [-0.15, -0.1) is 0 Å². The Balaban J connectivity index is 3.75. The van der Waals surface area contributed by atoms with Crippen molar-refractivity contribution >= 4 is 0 Å². The van der Waals surface area contributed by atoms with Gasteiger partial charge in [0.2, 0.25) is 0 Å². The summed E-state index contributed by atoms with van der Waals surface area (Å²) < 4.78 is 10.2. The number of hydrogen-bond acceptors (Lipinski definition) is 3. The molecule has 0 aliphatic rings. The molecule has 0 spiro atoms. The van der Waals surface area contributed by atoms with E-state index in [4.69, 9.17) is 15.2 Å². The lowest BCUT2D eigenvalue weighted by atomic mass is 9.97. The van der Waals surface area contributed by atoms with Gasteiger partial charge in [0.05, 0.1) is 6.04 Å². The van der Waals surface area contributed by atoms with Crippen LogP contribution in [0, 0.1) is 5.92 Å². The van der Waals surface area contributed by atoms with Gasteiger partial charge in [-0.25, -0.2) is 0 Å². The summed E-state index contributed by atoms with van der Waals surface area (Å²) >= 11 is 0. The largest absolute Gasteiger partial charge is 0.354 e. The van der Waals surface area contributed by atoms with E-state index in [9.17, 15) is 0 Å². The molecule has 0 saturated heterocycles. The van der Waals surface area contributed by atoms with E-state index in [1.165, 1.54) is 12.8 Å². The van der Waals surface area contributed by atoms with Crippen molar-refractivity contribution in [1.82, 2.24) is 0 Å². The maximum absolute atomic E-state index is 5.92. The Kier molecular flexibility index (Phi) is 7.23. The second-order valence-electron chi connectivity index (χ2n) is 3.63. The van der Waals surface area contributed by atoms with Crippen LogP contribution in [0.1, 0.15) is 33.1 Å². The third-order valence-corrected chi connectivity index (χ3v) is 2.27. The molecule has 0 amide bonds. The summed E-state index contributed by atoms with van der Waals surface area (Å²) in [5.41, 5.74) is 5.92. The van der Waals surface area contributed by atoms with Crippen LogP contribution in [-0.2, 0) is 9.47 Å². The average molecular weight is 189 g/mol. The molecule has 2 unspecified atom stereocenters. The molecule has 2 N–H and O–H groups in total. The van der Waals surface area contributed by atoms with Crippen molar-refractivity contribution in [1.29, 1.82) is 0 Å². The summed E-state index contributed by atoms with van der Waals surface area (Å²) in [5, 5.41) is 0. The van der Waals surface area contributed by atoms with E-state index in [1.807, 2.05) is 0 Å². The van der Waals surface area contributed by atoms with E-state index < -0.39 is 0 Å². The Morgan fingerprint density at radius 3 is 2.15 bits per heavy atom. The highest BCUT2D eigenvalue weighted by Crippen LogP contribution is 2.14. The summed E-state index contributed by atoms with van der Waals surface area (Å²) in [6, 6.07) is -0.0171. The zero-order chi connectivity index (χ0) is 10.3. The Morgan fingerprint density at radius 1 is 1.23 bits per heavy atom. The van der Waals surface area contributed by atoms with Crippen molar-refractivity contribution in [3.05, 3.63) is 0 Å². The van der Waals surface area contributed by atoms with E-state index in [0.717, 1.165) is 6.42 Å². The first-order valence-corrected chi connectivity index (χ1v) is 4.96. The number of ether oxygens (including phenoxy) is 2. The maximum atomic E-state index is 5.92. The Hall–Kier alpha value is -0.120. The fourth-order valence-corrected chi connectivity index (χ4v) is 1.63. The minimum Gasteiger partial charge on any atom is -0.354 e. The van der Waals surface area contributed by atoms with Crippen LogP contribution in [0.5, 0.6) is 0 Å². The van der Waals surface area contributed by atoms with Crippen molar-refractivity contribution in [3.8, 4) is 0 Å². The lowest BCUT2D eigenvalue weighted by molar-refractivity contribution is -0.119. The quantitative estimate of drug-likeness (QED) is 0.621. The molecule has 0 aliphatic carbocycles. The molecule has 3 heteroatoms. The smallest absolute Gasteiger partial charge is 0.171 e. The zero-order valence-corrected chi connectivity index (χ0v) is 9.25. The number of rotatable bonds is 7. The van der Waals surface area contributed by atoms with Crippen LogP contribution in [0.2, 0.25) is 0 Å². The van der Waals surface area contributed by atoms with E-state index in [1.54, 1.807) is 14.2 Å². The van der Waals surface area contributed by atoms with Crippen LogP contribution in [0.25, 0.3) is 0 Å². The standard InChI is InChI=1S/C10H23NO2/c1-5-6-8(2)7-9(11)10(12-3)13-4/h8-10H,5-7,11H2,1-4H3. The van der Waals surface area contributed by atoms with Gasteiger partial charge in [-0.05, 0) is 12.3 Å². The molecule has 80 valence electrons. The van der Waals surface area contributed by atoms with Gasteiger partial charge in [-0.1, -0.05) is 26.7 Å². The highest BCUT2D eigenvalue weighted by atomic mass is 16.7. The SMILES string of the molecule is CCCC(C)CC(N)C(OC)OC. The van der Waals surface area contributed by atoms with Crippen molar-refractivity contribution in [2.45, 2.75) is 45.4 Å². The third-order valence-electron chi connectivity index (χ3n) is 2.27. The topological polar surface area (TPSA) is 44.5 Å². The molecule has 0 bridgehead atoms. The maximum Gasteiger partial charge on any atom is 0.171 e. The predicted molar refractivity (Wildman–Crippen MR) is 54.5 cm³/mol. The minimum absolute atomic E-state index is 0.0171. The zero-order valence-electron chi connectivity index (χ0n) is 9.25. The summed E-state index contributed by atoms with van der Waals surface area (Å²) in [7, 11) is 3.25. The summed E-state index contributed by atoms with van der Waals surface area (Å²) in [6.45, 7) is 4.40. The summed E-state index contributed by atoms with van der Waals surface area (Å²) in [4.78, 5) is 0. The van der Waals surface area contributed by atoms with Crippen LogP contribution in [0.15, 0.2) is 0 Å². The van der Waals surface area contributed by atoms with Crippen molar-refractivity contribution in [2.75, 3.05) is 14.2 Å². The van der Waals surface area contributed by atoms with Crippen LogP contribution in [0.4, 0.5) is 0 Å². The fourth-order valence-electron chi connectivity index (χ4n) is 1.63. The van der Waals surface area contributed by atoms with E-state index in [0.29, 0.717) is 5.92 Å². The van der Waals surface area contributed by atoms with Gasteiger partial charge in [0.1, 0.15) is 0 Å². The van der Waals surface area contributed by atoms with E-state index >= 15 is 0 Å². The molecule has 0 rings (SSSR count). The molecule has 0 aromatic heterocycles. The second kappa shape index (κ2) is 7.30. The molecule has 2 atom stereocenters. The highest BCUT2D eigenvalue weighted by molar-refractivity contribution is 4.68. The van der Waals surface area contributed by atoms with Crippen LogP contribution < -0.4 is 5.73 Å². The van der Waals surface area contributed by atoms with E-state index in [-0.39, 0.29) is 12.3 Å². The molecular weight excluding hydrogens is 166 g/mol. The number of hydrogen-bond donors (Lipinski definition) is 1. The normalized spacial score (nSPS) is 16.2. The summed E-state index contributed by atoms with van der Waals surface area (Å²) in [5.74, 6) is 0.646. The molecule has 3 nitrogen and oxygen atoms in total. The highest BCUT2D eigenvalue weighted by Gasteiger charge is 2.18. The monoisotopic (exact) mass is 189 g/mol. The fraction of sp³-hybridized carbons (Fsp3) is 1.00. The van der Waals surface area contributed by atoms with Gasteiger partial charge in [0.25, 0.3) is 0 Å². The van der Waals surface area contributed by atoms with Gasteiger partial charge in [0, 0.05) is 14.2 Å². The number of nitrogens with two attached hydrogens (primary N) is 1. The molecule has 0 saturated carbocycles. The van der Waals surface area contributed by atoms with Crippen molar-refractivity contribution < 1.29 is 9.47 Å². The molecule has 13 heavy (non-hydrogen) atoms. The molecule has 0 aromatic carbocycles. The first kappa shape index (κ1) is 12.9. The van der Waals surface area contributed by atoms with Gasteiger partial charge in [-0.3, -0.25) is 0 Å². The second-order valence-corrected chi connectivity index (χ2v) is 3.63. The molecule has 0 heterocycles. The minimum atomic E-state index is -0.265. The van der Waals surface area contributed by atoms with Crippen LogP contribution in [-0.4, -0.2) is 26.6 Å². The first-order chi connectivity index (χ1) is 6.15. The van der Waals surface area contributed by atoms with Crippen LogP contribution in [0.3, 0.4) is 0 Å². The third kappa shape index (κ3) is 5.24. The van der Waals surface area contributed by atoms with Gasteiger partial charge in [-0.2, -0.15) is 0 Å². The molecule has 0 fully saturated rings. The molecule has 0 radical (unpaired) electrons. The number of methoxy groups -OCH3 is 2. The van der Waals surface area contributed by atoms with Gasteiger partial charge < -0.3 is 15.2 Å². The Labute approximate surface area is 81.6 Å². The molecule has 0 aromatic rings. The Bertz CT molecular complexity index is 115. The van der Waals surface area contributed by atoms with Crippen molar-refractivity contribution in [2.24, 2.45) is 11.7 Å². The van der Waals surface area contributed by atoms with Gasteiger partial charge in [0.15, 0.2) is 6.29 Å². The lowest BCUT2D eigenvalue weighted by Gasteiger charge is -2.23. The Morgan fingerprint density at radius 2 is 1.77 bits per heavy atom. The lowest BCUT2D eigenvalue weighted by Crippen LogP contribution is -2.38. The van der Waals surface area contributed by atoms with E-state index in [2.05, 4.69) is 13.8 Å². The van der Waals surface area contributed by atoms with Gasteiger partial charge >= 0.3 is 0 Å². The summed E-state index contributed by atoms with van der Waals surface area (Å²) in [6.07, 6.45) is 3.12. The van der Waals surface area contributed by atoms with Crippen molar-refractivity contribution in [3.63, 3.8) is 0 Å². The first-order valence-electron chi connectivity index (χ1n) is 4.96.